The molecule has 1 aliphatic heterocycles. The van der Waals surface area contributed by atoms with Crippen molar-refractivity contribution in [3.8, 4) is 0 Å². The molecule has 0 spiro atoms. The van der Waals surface area contributed by atoms with Gasteiger partial charge >= 0.3 is 5.97 Å². The molecule has 0 aromatic heterocycles. The molecule has 236 valence electrons. The summed E-state index contributed by atoms with van der Waals surface area (Å²) in [5.41, 5.74) is 0.783. The van der Waals surface area contributed by atoms with E-state index in [1.807, 2.05) is 5.43 Å². The van der Waals surface area contributed by atoms with Crippen molar-refractivity contribution < 1.29 is 41.9 Å². The lowest BCUT2D eigenvalue weighted by atomic mass is 9.82. The fraction of sp³-hybridized carbons (Fsp3) is 0.419. The molecule has 1 aliphatic carbocycles. The average molecular weight is 628 g/mol. The number of allylic oxidation sites excluding steroid dienone is 1. The third-order valence-electron chi connectivity index (χ3n) is 6.98. The predicted molar refractivity (Wildman–Crippen MR) is 160 cm³/mol. The molecule has 3 rings (SSSR count). The molecule has 2 aliphatic rings. The summed E-state index contributed by atoms with van der Waals surface area (Å²) in [5, 5.41) is -3.54. The Kier molecular flexibility index (Phi) is 10.6. The highest BCUT2D eigenvalue weighted by molar-refractivity contribution is 8.06. The van der Waals surface area contributed by atoms with Crippen molar-refractivity contribution in [2.24, 2.45) is 23.6 Å². The number of hydrazine groups is 1. The Hall–Kier alpha value is -4.23. The van der Waals surface area contributed by atoms with Gasteiger partial charge in [-0.2, -0.15) is 0 Å². The lowest BCUT2D eigenvalue weighted by Gasteiger charge is -2.32. The number of carbonyl (C=O) groups is 6. The van der Waals surface area contributed by atoms with Crippen LogP contribution in [0.4, 0.5) is 0 Å². The summed E-state index contributed by atoms with van der Waals surface area (Å²) >= 11 is 0. The van der Waals surface area contributed by atoms with Gasteiger partial charge in [-0.05, 0) is 38.7 Å². The number of rotatable bonds is 11. The molecule has 44 heavy (non-hydrogen) atoms. The van der Waals surface area contributed by atoms with Gasteiger partial charge in [-0.25, -0.2) is 14.3 Å². The number of imide groups is 1. The lowest BCUT2D eigenvalue weighted by molar-refractivity contribution is -0.164. The summed E-state index contributed by atoms with van der Waals surface area (Å²) in [6, 6.07) is 8.44. The highest BCUT2D eigenvalue weighted by atomic mass is 32.2. The van der Waals surface area contributed by atoms with Gasteiger partial charge in [-0.15, -0.1) is 0 Å². The van der Waals surface area contributed by atoms with Gasteiger partial charge in [0.2, 0.25) is 15.7 Å². The molecule has 1 aromatic carbocycles. The van der Waals surface area contributed by atoms with Crippen LogP contribution in [-0.2, 0) is 43.3 Å². The highest BCUT2D eigenvalue weighted by Crippen LogP contribution is 2.33. The van der Waals surface area contributed by atoms with E-state index in [0.29, 0.717) is 10.5 Å². The molecular weight excluding hydrogens is 590 g/mol. The van der Waals surface area contributed by atoms with Gasteiger partial charge in [0.25, 0.3) is 16.9 Å². The van der Waals surface area contributed by atoms with E-state index in [0.717, 1.165) is 6.08 Å². The van der Waals surface area contributed by atoms with Crippen molar-refractivity contribution >= 4 is 50.5 Å². The number of benzene rings is 1. The smallest absolute Gasteiger partial charge is 0.311 e. The van der Waals surface area contributed by atoms with Crippen LogP contribution in [0.1, 0.15) is 53.0 Å². The number of ether oxygens (including phenoxy) is 1. The molecule has 12 nitrogen and oxygen atoms in total. The number of hydrogen-bond acceptors (Lipinski definition) is 10. The zero-order chi connectivity index (χ0) is 33.0. The van der Waals surface area contributed by atoms with E-state index in [1.54, 1.807) is 65.0 Å². The minimum atomic E-state index is -5.09. The van der Waals surface area contributed by atoms with Crippen molar-refractivity contribution in [3.05, 3.63) is 65.3 Å². The van der Waals surface area contributed by atoms with Crippen LogP contribution in [0.2, 0.25) is 0 Å². The van der Waals surface area contributed by atoms with Crippen molar-refractivity contribution in [2.45, 2.75) is 58.3 Å². The number of nitrogens with one attached hydrogen (secondary N) is 1. The van der Waals surface area contributed by atoms with Gasteiger partial charge in [0.05, 0.1) is 23.0 Å². The molecular formula is C31H37N3O9S. The highest BCUT2D eigenvalue weighted by Gasteiger charge is 2.50. The number of ketones is 1. The van der Waals surface area contributed by atoms with Crippen LogP contribution in [0.25, 0.3) is 6.08 Å². The second kappa shape index (κ2) is 13.6. The minimum Gasteiger partial charge on any atom is -0.460 e. The average Bonchev–Trinajstić information content (AvgIpc) is 3.18. The fourth-order valence-corrected chi connectivity index (χ4v) is 6.62. The van der Waals surface area contributed by atoms with Crippen LogP contribution in [0.15, 0.2) is 59.7 Å². The molecule has 0 radical (unpaired) electrons. The quantitative estimate of drug-likeness (QED) is 0.0915. The summed E-state index contributed by atoms with van der Waals surface area (Å²) in [7, 11) is -5.09. The first-order valence-electron chi connectivity index (χ1n) is 14.0. The van der Waals surface area contributed by atoms with Crippen LogP contribution in [0.5, 0.6) is 0 Å². The zero-order valence-corrected chi connectivity index (χ0v) is 26.1. The van der Waals surface area contributed by atoms with Gasteiger partial charge in [-0.3, -0.25) is 39.1 Å². The van der Waals surface area contributed by atoms with Crippen LogP contribution in [-0.4, -0.2) is 65.3 Å². The monoisotopic (exact) mass is 627 g/mol. The van der Waals surface area contributed by atoms with E-state index in [4.69, 9.17) is 10.6 Å². The van der Waals surface area contributed by atoms with E-state index in [-0.39, 0.29) is 24.3 Å². The Labute approximate surface area is 256 Å². The standard InChI is InChI=1S/C31H37N3O9S/c1-18(2)16-21(27(37)33-32)26(30(40)43-31(3,4)5)23(15-14-19-10-7-6-8-11-19)44(41,42)24(36)17-34-28(38)20-12-9-13-22(35)25(20)29(34)39/h6-12,14-15,18,21,23,26H,13,16-17,32H2,1-5H3,(H,33,37)/b15-14+/t21-,23?,26-/m1/s1. The Morgan fingerprint density at radius 3 is 2.25 bits per heavy atom. The first kappa shape index (κ1) is 34.3. The van der Waals surface area contributed by atoms with Gasteiger partial charge in [0.15, 0.2) is 5.78 Å². The normalized spacial score (nSPS) is 17.6. The summed E-state index contributed by atoms with van der Waals surface area (Å²) in [6.45, 7) is 6.99. The zero-order valence-electron chi connectivity index (χ0n) is 25.2. The SMILES string of the molecule is CC(C)C[C@@H](C(=O)NN)[C@@H](C(=O)OC(C)(C)C)C(/C=C/c1ccccc1)S(=O)(=O)C(=O)CN1C(=O)C2=C(C(=O)CC=C2)C1=O. The molecule has 0 bridgehead atoms. The van der Waals surface area contributed by atoms with Crippen molar-refractivity contribution in [1.29, 1.82) is 0 Å². The van der Waals surface area contributed by atoms with Crippen molar-refractivity contribution in [2.75, 3.05) is 6.54 Å². The van der Waals surface area contributed by atoms with Crippen molar-refractivity contribution in [3.63, 3.8) is 0 Å². The maximum Gasteiger partial charge on any atom is 0.311 e. The molecule has 0 saturated heterocycles. The maximum absolute atomic E-state index is 14.1. The Morgan fingerprint density at radius 1 is 1.07 bits per heavy atom. The molecule has 13 heteroatoms. The third-order valence-corrected chi connectivity index (χ3v) is 8.91. The van der Waals surface area contributed by atoms with E-state index < -0.39 is 79.2 Å². The van der Waals surface area contributed by atoms with Gasteiger partial charge in [0.1, 0.15) is 17.4 Å². The van der Waals surface area contributed by atoms with E-state index in [9.17, 15) is 37.2 Å². The van der Waals surface area contributed by atoms with E-state index in [1.165, 1.54) is 18.2 Å². The first-order valence-corrected chi connectivity index (χ1v) is 15.6. The summed E-state index contributed by atoms with van der Waals surface area (Å²) in [6.07, 6.45) is 5.05. The van der Waals surface area contributed by atoms with Crippen molar-refractivity contribution in [1.82, 2.24) is 10.3 Å². The van der Waals surface area contributed by atoms with Crippen LogP contribution in [0.3, 0.4) is 0 Å². The second-order valence-corrected chi connectivity index (χ2v) is 14.1. The number of Topliss-reactive ketones (excluding diaryl/α,β-unsaturated/α-hetero) is 1. The number of hydrogen-bond donors (Lipinski definition) is 2. The Balaban J connectivity index is 2.14. The predicted octanol–water partition coefficient (Wildman–Crippen LogP) is 1.81. The van der Waals surface area contributed by atoms with Gasteiger partial charge in [0, 0.05) is 6.42 Å². The van der Waals surface area contributed by atoms with Gasteiger partial charge in [-0.1, -0.05) is 68.5 Å². The lowest BCUT2D eigenvalue weighted by Crippen LogP contribution is -2.51. The number of carbonyl (C=O) groups excluding carboxylic acids is 6. The second-order valence-electron chi connectivity index (χ2n) is 12.0. The fourth-order valence-electron chi connectivity index (χ4n) is 5.03. The molecule has 1 aromatic rings. The molecule has 3 N–H and O–H groups in total. The molecule has 3 amide bonds. The number of esters is 1. The molecule has 0 fully saturated rings. The largest absolute Gasteiger partial charge is 0.460 e. The number of amides is 3. The summed E-state index contributed by atoms with van der Waals surface area (Å²) in [4.78, 5) is 79.0. The molecule has 1 heterocycles. The third kappa shape index (κ3) is 7.64. The molecule has 3 atom stereocenters. The maximum atomic E-state index is 14.1. The van der Waals surface area contributed by atoms with E-state index >= 15 is 0 Å². The molecule has 1 unspecified atom stereocenters. The number of nitrogens with zero attached hydrogens (tertiary/aromatic N) is 1. The number of sulfone groups is 1. The van der Waals surface area contributed by atoms with Gasteiger partial charge < -0.3 is 4.74 Å². The summed E-state index contributed by atoms with van der Waals surface area (Å²) < 4.78 is 33.8. The first-order chi connectivity index (χ1) is 20.5. The van der Waals surface area contributed by atoms with Crippen LogP contribution < -0.4 is 11.3 Å². The Morgan fingerprint density at radius 2 is 1.70 bits per heavy atom. The minimum absolute atomic E-state index is 0.000509. The van der Waals surface area contributed by atoms with Crippen LogP contribution in [0, 0.1) is 17.8 Å². The van der Waals surface area contributed by atoms with E-state index in [2.05, 4.69) is 0 Å². The number of nitrogens with two attached hydrogens (primary N) is 1. The topological polar surface area (TPSA) is 187 Å². The summed E-state index contributed by atoms with van der Waals surface area (Å²) in [5.74, 6) is -2.48. The molecule has 0 saturated carbocycles. The Bertz CT molecular complexity index is 1550. The van der Waals surface area contributed by atoms with Crippen LogP contribution >= 0.6 is 0 Å².